The Hall–Kier alpha value is -1.88. The number of nitrogens with one attached hydrogen (secondary N) is 1. The normalized spacial score (nSPS) is 27.2. The molecule has 2 aliphatic rings. The zero-order valence-electron chi connectivity index (χ0n) is 11.4. The Morgan fingerprint density at radius 3 is 2.76 bits per heavy atom. The summed E-state index contributed by atoms with van der Waals surface area (Å²) in [5.41, 5.74) is 1.85. The molecule has 0 aliphatic carbocycles. The predicted octanol–water partition coefficient (Wildman–Crippen LogP) is 3.03. The molecule has 1 N–H and O–H groups in total. The summed E-state index contributed by atoms with van der Waals surface area (Å²) in [4.78, 5) is 7.38. The quantitative estimate of drug-likeness (QED) is 0.863. The molecule has 2 bridgehead atoms. The van der Waals surface area contributed by atoms with Crippen LogP contribution in [-0.2, 0) is 0 Å². The summed E-state index contributed by atoms with van der Waals surface area (Å²) in [6.07, 6.45) is 6.41. The Labute approximate surface area is 121 Å². The third kappa shape index (κ3) is 2.21. The Balaban J connectivity index is 1.73. The summed E-state index contributed by atoms with van der Waals surface area (Å²) in [5, 5.41) is 3.57. The molecule has 2 aromatic heterocycles. The van der Waals surface area contributed by atoms with Crippen molar-refractivity contribution in [2.75, 3.05) is 0 Å². The summed E-state index contributed by atoms with van der Waals surface area (Å²) in [6, 6.07) is 5.69. The number of nitrogens with zero attached hydrogens (tertiary/aromatic N) is 2. The van der Waals surface area contributed by atoms with Gasteiger partial charge < -0.3 is 5.32 Å². The SMILES string of the molecule is Fc1cc(-c2cc([C@H]3C[C@H]4CC[C@H]3N4)cnc2F)ccn1. The zero-order chi connectivity index (χ0) is 14.4. The third-order valence-electron chi connectivity index (χ3n) is 4.63. The average molecular weight is 287 g/mol. The molecule has 3 atom stereocenters. The van der Waals surface area contributed by atoms with Gasteiger partial charge in [0.2, 0.25) is 11.9 Å². The van der Waals surface area contributed by atoms with Crippen LogP contribution in [0.25, 0.3) is 11.1 Å². The van der Waals surface area contributed by atoms with Crippen molar-refractivity contribution in [3.8, 4) is 11.1 Å². The summed E-state index contributed by atoms with van der Waals surface area (Å²) in [7, 11) is 0. The van der Waals surface area contributed by atoms with Crippen LogP contribution in [0, 0.1) is 11.9 Å². The first-order valence-corrected chi connectivity index (χ1v) is 7.24. The highest BCUT2D eigenvalue weighted by Gasteiger charge is 2.39. The monoisotopic (exact) mass is 287 g/mol. The van der Waals surface area contributed by atoms with Crippen molar-refractivity contribution in [3.63, 3.8) is 0 Å². The van der Waals surface area contributed by atoms with E-state index < -0.39 is 11.9 Å². The van der Waals surface area contributed by atoms with E-state index in [9.17, 15) is 8.78 Å². The molecule has 0 unspecified atom stereocenters. The lowest BCUT2D eigenvalue weighted by Crippen LogP contribution is -2.21. The molecule has 0 aromatic carbocycles. The Morgan fingerprint density at radius 2 is 2.05 bits per heavy atom. The van der Waals surface area contributed by atoms with Gasteiger partial charge in [0.25, 0.3) is 0 Å². The van der Waals surface area contributed by atoms with Gasteiger partial charge in [-0.15, -0.1) is 0 Å². The molecule has 5 heteroatoms. The lowest BCUT2D eigenvalue weighted by molar-refractivity contribution is 0.502. The van der Waals surface area contributed by atoms with Gasteiger partial charge in [-0.3, -0.25) is 0 Å². The molecule has 2 aliphatic heterocycles. The van der Waals surface area contributed by atoms with E-state index in [2.05, 4.69) is 15.3 Å². The van der Waals surface area contributed by atoms with Crippen molar-refractivity contribution in [2.24, 2.45) is 0 Å². The van der Waals surface area contributed by atoms with E-state index in [1.54, 1.807) is 12.3 Å². The highest BCUT2D eigenvalue weighted by molar-refractivity contribution is 5.63. The smallest absolute Gasteiger partial charge is 0.220 e. The summed E-state index contributed by atoms with van der Waals surface area (Å²) in [6.45, 7) is 0. The van der Waals surface area contributed by atoms with Gasteiger partial charge in [0.1, 0.15) is 0 Å². The van der Waals surface area contributed by atoms with Crippen molar-refractivity contribution in [3.05, 3.63) is 48.1 Å². The van der Waals surface area contributed by atoms with Crippen LogP contribution in [0.4, 0.5) is 8.78 Å². The predicted molar refractivity (Wildman–Crippen MR) is 74.7 cm³/mol. The molecule has 21 heavy (non-hydrogen) atoms. The maximum atomic E-state index is 14.0. The molecule has 2 saturated heterocycles. The van der Waals surface area contributed by atoms with Gasteiger partial charge in [-0.25, -0.2) is 9.97 Å². The van der Waals surface area contributed by atoms with Crippen LogP contribution < -0.4 is 5.32 Å². The van der Waals surface area contributed by atoms with E-state index in [0.29, 0.717) is 29.1 Å². The minimum Gasteiger partial charge on any atom is -0.311 e. The molecule has 3 nitrogen and oxygen atoms in total. The lowest BCUT2D eigenvalue weighted by atomic mass is 9.84. The van der Waals surface area contributed by atoms with Crippen molar-refractivity contribution in [1.82, 2.24) is 15.3 Å². The molecule has 4 heterocycles. The van der Waals surface area contributed by atoms with Crippen molar-refractivity contribution in [1.29, 1.82) is 0 Å². The molecule has 2 aromatic rings. The highest BCUT2D eigenvalue weighted by atomic mass is 19.1. The largest absolute Gasteiger partial charge is 0.311 e. The van der Waals surface area contributed by atoms with Gasteiger partial charge in [0.15, 0.2) is 0 Å². The van der Waals surface area contributed by atoms with Crippen LogP contribution in [0.1, 0.15) is 30.7 Å². The van der Waals surface area contributed by atoms with Crippen LogP contribution in [0.5, 0.6) is 0 Å². The number of rotatable bonds is 2. The molecule has 2 fully saturated rings. The Bertz CT molecular complexity index is 689. The molecule has 0 radical (unpaired) electrons. The van der Waals surface area contributed by atoms with Gasteiger partial charge in [-0.1, -0.05) is 0 Å². The number of pyridine rings is 2. The van der Waals surface area contributed by atoms with E-state index >= 15 is 0 Å². The highest BCUT2D eigenvalue weighted by Crippen LogP contribution is 2.40. The number of hydrogen-bond acceptors (Lipinski definition) is 3. The Kier molecular flexibility index (Phi) is 2.96. The van der Waals surface area contributed by atoms with Crippen molar-refractivity contribution in [2.45, 2.75) is 37.3 Å². The van der Waals surface area contributed by atoms with Crippen LogP contribution in [0.15, 0.2) is 30.6 Å². The number of halogens is 2. The summed E-state index contributed by atoms with van der Waals surface area (Å²) in [5.74, 6) is -0.804. The third-order valence-corrected chi connectivity index (χ3v) is 4.63. The van der Waals surface area contributed by atoms with E-state index in [1.165, 1.54) is 18.7 Å². The minimum absolute atomic E-state index is 0.344. The first-order chi connectivity index (χ1) is 10.2. The topological polar surface area (TPSA) is 37.8 Å². The van der Waals surface area contributed by atoms with Crippen molar-refractivity contribution >= 4 is 0 Å². The van der Waals surface area contributed by atoms with E-state index in [-0.39, 0.29) is 0 Å². The van der Waals surface area contributed by atoms with Gasteiger partial charge in [-0.05, 0) is 42.5 Å². The van der Waals surface area contributed by atoms with Gasteiger partial charge in [0.05, 0.1) is 0 Å². The van der Waals surface area contributed by atoms with Gasteiger partial charge in [-0.2, -0.15) is 8.78 Å². The molecule has 0 amide bonds. The molecular formula is C16H15F2N3. The van der Waals surface area contributed by atoms with Gasteiger partial charge in [0, 0.05) is 42.0 Å². The van der Waals surface area contributed by atoms with Crippen LogP contribution in [0.2, 0.25) is 0 Å². The zero-order valence-corrected chi connectivity index (χ0v) is 11.4. The second kappa shape index (κ2) is 4.84. The van der Waals surface area contributed by atoms with Gasteiger partial charge >= 0.3 is 0 Å². The fourth-order valence-corrected chi connectivity index (χ4v) is 3.63. The van der Waals surface area contributed by atoms with Crippen LogP contribution >= 0.6 is 0 Å². The summed E-state index contributed by atoms with van der Waals surface area (Å²) < 4.78 is 27.2. The number of aromatic nitrogens is 2. The first-order valence-electron chi connectivity index (χ1n) is 7.24. The number of hydrogen-bond donors (Lipinski definition) is 1. The molecule has 0 saturated carbocycles. The van der Waals surface area contributed by atoms with E-state index in [0.717, 1.165) is 18.4 Å². The average Bonchev–Trinajstić information content (AvgIpc) is 3.10. The fourth-order valence-electron chi connectivity index (χ4n) is 3.63. The van der Waals surface area contributed by atoms with Crippen molar-refractivity contribution < 1.29 is 8.78 Å². The molecular weight excluding hydrogens is 272 g/mol. The first kappa shape index (κ1) is 12.8. The summed E-state index contributed by atoms with van der Waals surface area (Å²) >= 11 is 0. The van der Waals surface area contributed by atoms with Crippen LogP contribution in [0.3, 0.4) is 0 Å². The second-order valence-corrected chi connectivity index (χ2v) is 5.86. The molecule has 108 valence electrons. The second-order valence-electron chi connectivity index (χ2n) is 5.86. The molecule has 4 rings (SSSR count). The van der Waals surface area contributed by atoms with Crippen LogP contribution in [-0.4, -0.2) is 22.1 Å². The number of fused-ring (bicyclic) bond motifs is 2. The molecule has 0 spiro atoms. The maximum Gasteiger partial charge on any atom is 0.220 e. The maximum absolute atomic E-state index is 14.0. The fraction of sp³-hybridized carbons (Fsp3) is 0.375. The standard InChI is InChI=1S/C16H15F2N3/c17-15-6-9(3-4-19-15)13-5-10(8-20-16(13)18)12-7-11-1-2-14(12)21-11/h3-6,8,11-12,14,21H,1-2,7H2/t11-,12-,14-/m1/s1. The van der Waals surface area contributed by atoms with E-state index in [1.807, 2.05) is 6.07 Å². The Morgan fingerprint density at radius 1 is 1.14 bits per heavy atom. The minimum atomic E-state index is -0.612. The van der Waals surface area contributed by atoms with E-state index in [4.69, 9.17) is 0 Å². The lowest BCUT2D eigenvalue weighted by Gasteiger charge is -2.20.